The molecule has 24 heavy (non-hydrogen) atoms. The van der Waals surface area contributed by atoms with Gasteiger partial charge in [0.25, 0.3) is 0 Å². The van der Waals surface area contributed by atoms with Gasteiger partial charge in [-0.2, -0.15) is 5.10 Å². The molecule has 2 heterocycles. The number of hydrogen-bond acceptors (Lipinski definition) is 5. The molecular weight excluding hydrogens is 308 g/mol. The average molecular weight is 330 g/mol. The van der Waals surface area contributed by atoms with Crippen molar-refractivity contribution in [1.29, 1.82) is 0 Å². The maximum atomic E-state index is 11.7. The van der Waals surface area contributed by atoms with Crippen LogP contribution in [0.1, 0.15) is 44.9 Å². The fourth-order valence-electron chi connectivity index (χ4n) is 2.29. The van der Waals surface area contributed by atoms with E-state index < -0.39 is 17.3 Å². The van der Waals surface area contributed by atoms with Gasteiger partial charge in [0.15, 0.2) is 0 Å². The third kappa shape index (κ3) is 4.11. The van der Waals surface area contributed by atoms with E-state index in [2.05, 4.69) is 15.4 Å². The Kier molecular flexibility index (Phi) is 4.04. The zero-order valence-electron chi connectivity index (χ0n) is 14.1. The molecule has 0 spiro atoms. The van der Waals surface area contributed by atoms with Crippen molar-refractivity contribution in [3.05, 3.63) is 42.0 Å². The summed E-state index contributed by atoms with van der Waals surface area (Å²) in [6.07, 6.45) is 6.08. The summed E-state index contributed by atoms with van der Waals surface area (Å²) in [4.78, 5) is 16.1. The lowest BCUT2D eigenvalue weighted by molar-refractivity contribution is 0.0636. The zero-order valence-corrected chi connectivity index (χ0v) is 14.1. The summed E-state index contributed by atoms with van der Waals surface area (Å²) >= 11 is 0. The molecule has 0 atom stereocenters. The third-order valence-electron chi connectivity index (χ3n) is 3.65. The first-order chi connectivity index (χ1) is 11.2. The fourth-order valence-corrected chi connectivity index (χ4v) is 2.29. The molecule has 1 aliphatic rings. The first-order valence-electron chi connectivity index (χ1n) is 7.94. The molecule has 1 amide bonds. The Morgan fingerprint density at radius 1 is 1.38 bits per heavy atom. The topological polar surface area (TPSA) is 89.3 Å². The van der Waals surface area contributed by atoms with Crippen LogP contribution in [0.3, 0.4) is 0 Å². The fraction of sp³-hybridized carbons (Fsp3) is 0.471. The van der Waals surface area contributed by atoms with Crippen LogP contribution >= 0.6 is 0 Å². The summed E-state index contributed by atoms with van der Waals surface area (Å²) in [5.74, 6) is 0. The molecule has 0 aromatic carbocycles. The van der Waals surface area contributed by atoms with Crippen LogP contribution in [-0.4, -0.2) is 31.6 Å². The maximum absolute atomic E-state index is 11.7. The predicted octanol–water partition coefficient (Wildman–Crippen LogP) is 2.65. The minimum atomic E-state index is -0.714. The Balaban J connectivity index is 1.58. The highest BCUT2D eigenvalue weighted by molar-refractivity contribution is 5.84. The van der Waals surface area contributed by atoms with Crippen LogP contribution in [-0.2, 0) is 16.9 Å². The van der Waals surface area contributed by atoms with Gasteiger partial charge < -0.3 is 9.84 Å². The molecule has 1 saturated carbocycles. The number of aliphatic hydroxyl groups is 1. The number of ether oxygens (including phenoxy) is 1. The Hall–Kier alpha value is -2.41. The molecule has 128 valence electrons. The van der Waals surface area contributed by atoms with Crippen molar-refractivity contribution < 1.29 is 14.6 Å². The normalized spacial score (nSPS) is 15.8. The quantitative estimate of drug-likeness (QED) is 0.899. The summed E-state index contributed by atoms with van der Waals surface area (Å²) in [6, 6.07) is 3.78. The monoisotopic (exact) mass is 330 g/mol. The molecule has 0 radical (unpaired) electrons. The second kappa shape index (κ2) is 5.90. The van der Waals surface area contributed by atoms with Gasteiger partial charge in [0.1, 0.15) is 11.2 Å². The van der Waals surface area contributed by atoms with E-state index in [-0.39, 0.29) is 0 Å². The van der Waals surface area contributed by atoms with Crippen LogP contribution in [0.2, 0.25) is 0 Å². The molecule has 1 fully saturated rings. The van der Waals surface area contributed by atoms with Gasteiger partial charge >= 0.3 is 6.09 Å². The van der Waals surface area contributed by atoms with E-state index in [4.69, 9.17) is 4.74 Å². The number of nitrogens with one attached hydrogen (secondary N) is 1. The van der Waals surface area contributed by atoms with Gasteiger partial charge in [0.05, 0.1) is 24.1 Å². The van der Waals surface area contributed by atoms with Crippen molar-refractivity contribution in [2.75, 3.05) is 5.32 Å². The Labute approximate surface area is 140 Å². The van der Waals surface area contributed by atoms with Gasteiger partial charge in [-0.25, -0.2) is 4.79 Å². The summed E-state index contributed by atoms with van der Waals surface area (Å²) in [7, 11) is 0. The second-order valence-corrected chi connectivity index (χ2v) is 7.14. The summed E-state index contributed by atoms with van der Waals surface area (Å²) in [5, 5.41) is 16.9. The standard InChI is InChI=1S/C17H22N4O3/c1-16(2,3)24-15(22)20-13-9-19-21(11-13)10-12-4-5-14(18-8-12)17(23)6-7-17/h4-5,8-9,11,23H,6-7,10H2,1-3H3,(H,20,22). The van der Waals surface area contributed by atoms with Crippen LogP contribution in [0.4, 0.5) is 10.5 Å². The highest BCUT2D eigenvalue weighted by Crippen LogP contribution is 2.44. The minimum absolute atomic E-state index is 0.509. The molecular formula is C17H22N4O3. The van der Waals surface area contributed by atoms with E-state index in [1.807, 2.05) is 32.9 Å². The van der Waals surface area contributed by atoms with Gasteiger partial charge in [-0.1, -0.05) is 6.07 Å². The number of aromatic nitrogens is 3. The molecule has 3 rings (SSSR count). The van der Waals surface area contributed by atoms with Crippen molar-refractivity contribution in [2.45, 2.75) is 51.4 Å². The molecule has 0 saturated heterocycles. The summed E-state index contributed by atoms with van der Waals surface area (Å²) in [6.45, 7) is 5.96. The van der Waals surface area contributed by atoms with Gasteiger partial charge in [0, 0.05) is 12.4 Å². The number of anilines is 1. The number of hydrogen-bond donors (Lipinski definition) is 2. The Morgan fingerprint density at radius 2 is 2.12 bits per heavy atom. The first-order valence-corrected chi connectivity index (χ1v) is 7.94. The van der Waals surface area contributed by atoms with E-state index in [1.165, 1.54) is 0 Å². The third-order valence-corrected chi connectivity index (χ3v) is 3.65. The number of carbonyl (C=O) groups excluding carboxylic acids is 1. The molecule has 2 aromatic heterocycles. The number of nitrogens with zero attached hydrogens (tertiary/aromatic N) is 3. The van der Waals surface area contributed by atoms with Crippen LogP contribution in [0, 0.1) is 0 Å². The average Bonchev–Trinajstić information content (AvgIpc) is 3.08. The molecule has 2 N–H and O–H groups in total. The van der Waals surface area contributed by atoms with Gasteiger partial charge in [-0.15, -0.1) is 0 Å². The molecule has 1 aliphatic carbocycles. The predicted molar refractivity (Wildman–Crippen MR) is 88.6 cm³/mol. The first kappa shape index (κ1) is 16.4. The molecule has 0 unspecified atom stereocenters. The van der Waals surface area contributed by atoms with Crippen LogP contribution in [0.25, 0.3) is 0 Å². The van der Waals surface area contributed by atoms with Crippen molar-refractivity contribution in [2.24, 2.45) is 0 Å². The van der Waals surface area contributed by atoms with E-state index in [9.17, 15) is 9.90 Å². The SMILES string of the molecule is CC(C)(C)OC(=O)Nc1cnn(Cc2ccc(C3(O)CC3)nc2)c1. The molecule has 0 aliphatic heterocycles. The van der Waals surface area contributed by atoms with Crippen LogP contribution < -0.4 is 5.32 Å². The smallest absolute Gasteiger partial charge is 0.412 e. The van der Waals surface area contributed by atoms with Crippen molar-refractivity contribution >= 4 is 11.8 Å². The van der Waals surface area contributed by atoms with Crippen molar-refractivity contribution in [1.82, 2.24) is 14.8 Å². The maximum Gasteiger partial charge on any atom is 0.412 e. The van der Waals surface area contributed by atoms with Crippen LogP contribution in [0.15, 0.2) is 30.7 Å². The molecule has 2 aromatic rings. The second-order valence-electron chi connectivity index (χ2n) is 7.14. The lowest BCUT2D eigenvalue weighted by atomic mass is 10.2. The highest BCUT2D eigenvalue weighted by atomic mass is 16.6. The zero-order chi connectivity index (χ0) is 17.4. The largest absolute Gasteiger partial charge is 0.444 e. The highest BCUT2D eigenvalue weighted by Gasteiger charge is 2.43. The van der Waals surface area contributed by atoms with Gasteiger partial charge in [-0.05, 0) is 45.2 Å². The summed E-state index contributed by atoms with van der Waals surface area (Å²) in [5.41, 5.74) is 1.00. The van der Waals surface area contributed by atoms with E-state index in [0.29, 0.717) is 12.2 Å². The van der Waals surface area contributed by atoms with Crippen LogP contribution in [0.5, 0.6) is 0 Å². The molecule has 7 heteroatoms. The number of amides is 1. The van der Waals surface area contributed by atoms with Crippen molar-refractivity contribution in [3.63, 3.8) is 0 Å². The van der Waals surface area contributed by atoms with Gasteiger partial charge in [-0.3, -0.25) is 15.0 Å². The number of pyridine rings is 1. The van der Waals surface area contributed by atoms with Crippen molar-refractivity contribution in [3.8, 4) is 0 Å². The van der Waals surface area contributed by atoms with E-state index in [0.717, 1.165) is 24.1 Å². The Morgan fingerprint density at radius 3 is 2.71 bits per heavy atom. The Bertz CT molecular complexity index is 727. The lowest BCUT2D eigenvalue weighted by Gasteiger charge is -2.19. The van der Waals surface area contributed by atoms with E-state index >= 15 is 0 Å². The minimum Gasteiger partial charge on any atom is -0.444 e. The molecule has 7 nitrogen and oxygen atoms in total. The number of carbonyl (C=O) groups is 1. The van der Waals surface area contributed by atoms with Gasteiger partial charge in [0.2, 0.25) is 0 Å². The summed E-state index contributed by atoms with van der Waals surface area (Å²) < 4.78 is 6.90. The number of rotatable bonds is 4. The van der Waals surface area contributed by atoms with E-state index in [1.54, 1.807) is 23.3 Å². The lowest BCUT2D eigenvalue weighted by Crippen LogP contribution is -2.27. The molecule has 0 bridgehead atoms.